The van der Waals surface area contributed by atoms with E-state index in [1.807, 2.05) is 26.0 Å². The molecule has 2 aromatic carbocycles. The van der Waals surface area contributed by atoms with Crippen LogP contribution in [-0.4, -0.2) is 25.1 Å². The van der Waals surface area contributed by atoms with Gasteiger partial charge in [-0.15, -0.1) is 0 Å². The number of fused-ring (bicyclic) bond motifs is 1. The normalized spacial score (nSPS) is 10.8. The Hall–Kier alpha value is -2.66. The highest BCUT2D eigenvalue weighted by atomic mass is 35.5. The summed E-state index contributed by atoms with van der Waals surface area (Å²) >= 11 is 6.29. The van der Waals surface area contributed by atoms with Crippen LogP contribution in [0.5, 0.6) is 11.5 Å². The molecule has 1 heterocycles. The highest BCUT2D eigenvalue weighted by Gasteiger charge is 2.17. The molecule has 3 rings (SSSR count). The SMILES string of the molecule is COc1cc2[nH]cc(C(=O)Nc3c(C)cc(C)cc3Cl)c2cc1OC. The van der Waals surface area contributed by atoms with Crippen molar-refractivity contribution in [2.45, 2.75) is 13.8 Å². The van der Waals surface area contributed by atoms with Crippen LogP contribution in [-0.2, 0) is 0 Å². The Kier molecular flexibility index (Phi) is 4.59. The summed E-state index contributed by atoms with van der Waals surface area (Å²) in [6, 6.07) is 7.39. The number of amides is 1. The van der Waals surface area contributed by atoms with Gasteiger partial charge in [-0.1, -0.05) is 17.7 Å². The number of hydrogen-bond acceptors (Lipinski definition) is 3. The maximum atomic E-state index is 12.8. The van der Waals surface area contributed by atoms with Crippen molar-refractivity contribution in [3.05, 3.63) is 52.2 Å². The fourth-order valence-corrected chi connectivity index (χ4v) is 3.26. The first kappa shape index (κ1) is 17.2. The number of aromatic nitrogens is 1. The van der Waals surface area contributed by atoms with Gasteiger partial charge in [0.25, 0.3) is 5.91 Å². The minimum absolute atomic E-state index is 0.243. The number of rotatable bonds is 4. The van der Waals surface area contributed by atoms with Crippen LogP contribution in [0.3, 0.4) is 0 Å². The number of hydrogen-bond donors (Lipinski definition) is 2. The molecule has 2 N–H and O–H groups in total. The fraction of sp³-hybridized carbons (Fsp3) is 0.211. The quantitative estimate of drug-likeness (QED) is 0.710. The number of ether oxygens (including phenoxy) is 2. The molecule has 0 bridgehead atoms. The van der Waals surface area contributed by atoms with Gasteiger partial charge in [0.1, 0.15) is 0 Å². The number of benzene rings is 2. The second kappa shape index (κ2) is 6.69. The largest absolute Gasteiger partial charge is 0.493 e. The van der Waals surface area contributed by atoms with E-state index in [-0.39, 0.29) is 5.91 Å². The highest BCUT2D eigenvalue weighted by Crippen LogP contribution is 2.34. The molecule has 3 aromatic rings. The molecule has 0 atom stereocenters. The van der Waals surface area contributed by atoms with Crippen LogP contribution < -0.4 is 14.8 Å². The Morgan fingerprint density at radius 1 is 1.08 bits per heavy atom. The number of H-pyrrole nitrogens is 1. The molecule has 0 aliphatic carbocycles. The number of halogens is 1. The lowest BCUT2D eigenvalue weighted by Gasteiger charge is -2.12. The van der Waals surface area contributed by atoms with Crippen molar-refractivity contribution in [2.75, 3.05) is 19.5 Å². The lowest BCUT2D eigenvalue weighted by molar-refractivity contribution is 0.102. The van der Waals surface area contributed by atoms with Crippen molar-refractivity contribution >= 4 is 34.1 Å². The molecule has 6 heteroatoms. The molecule has 0 aliphatic heterocycles. The Labute approximate surface area is 150 Å². The van der Waals surface area contributed by atoms with Gasteiger partial charge in [0.05, 0.1) is 36.0 Å². The van der Waals surface area contributed by atoms with Crippen molar-refractivity contribution in [1.29, 1.82) is 0 Å². The second-order valence-corrected chi connectivity index (χ2v) is 6.26. The van der Waals surface area contributed by atoms with Gasteiger partial charge in [-0.25, -0.2) is 0 Å². The summed E-state index contributed by atoms with van der Waals surface area (Å²) in [5, 5.41) is 4.17. The average Bonchev–Trinajstić information content (AvgIpc) is 2.99. The van der Waals surface area contributed by atoms with E-state index in [9.17, 15) is 4.79 Å². The van der Waals surface area contributed by atoms with E-state index in [1.54, 1.807) is 32.5 Å². The number of aromatic amines is 1. The molecule has 0 saturated carbocycles. The summed E-state index contributed by atoms with van der Waals surface area (Å²) in [6.07, 6.45) is 1.66. The Bertz CT molecular complexity index is 940. The highest BCUT2D eigenvalue weighted by molar-refractivity contribution is 6.34. The molecule has 0 spiro atoms. The lowest BCUT2D eigenvalue weighted by atomic mass is 10.1. The molecular weight excluding hydrogens is 340 g/mol. The molecule has 0 unspecified atom stereocenters. The van der Waals surface area contributed by atoms with E-state index in [4.69, 9.17) is 21.1 Å². The Balaban J connectivity index is 2.01. The topological polar surface area (TPSA) is 63.4 Å². The zero-order chi connectivity index (χ0) is 18.1. The van der Waals surface area contributed by atoms with Crippen LogP contribution in [0.2, 0.25) is 5.02 Å². The predicted molar refractivity (Wildman–Crippen MR) is 100 cm³/mol. The summed E-state index contributed by atoms with van der Waals surface area (Å²) < 4.78 is 10.6. The van der Waals surface area contributed by atoms with E-state index >= 15 is 0 Å². The lowest BCUT2D eigenvalue weighted by Crippen LogP contribution is -2.13. The second-order valence-electron chi connectivity index (χ2n) is 5.85. The van der Waals surface area contributed by atoms with E-state index in [1.165, 1.54) is 0 Å². The van der Waals surface area contributed by atoms with Crippen LogP contribution in [0.15, 0.2) is 30.5 Å². The van der Waals surface area contributed by atoms with Crippen molar-refractivity contribution in [3.8, 4) is 11.5 Å². The number of carbonyl (C=O) groups is 1. The van der Waals surface area contributed by atoms with Gasteiger partial charge in [0.2, 0.25) is 0 Å². The van der Waals surface area contributed by atoms with Gasteiger partial charge in [-0.3, -0.25) is 4.79 Å². The molecule has 1 amide bonds. The monoisotopic (exact) mass is 358 g/mol. The third-order valence-electron chi connectivity index (χ3n) is 4.10. The third kappa shape index (κ3) is 3.15. The number of nitrogens with one attached hydrogen (secondary N) is 2. The van der Waals surface area contributed by atoms with Gasteiger partial charge in [-0.05, 0) is 37.1 Å². The van der Waals surface area contributed by atoms with Crippen LogP contribution in [0.1, 0.15) is 21.5 Å². The first-order valence-corrected chi connectivity index (χ1v) is 8.13. The van der Waals surface area contributed by atoms with Gasteiger partial charge < -0.3 is 19.8 Å². The molecule has 1 aromatic heterocycles. The summed E-state index contributed by atoms with van der Waals surface area (Å²) in [6.45, 7) is 3.88. The van der Waals surface area contributed by atoms with Crippen molar-refractivity contribution in [3.63, 3.8) is 0 Å². The van der Waals surface area contributed by atoms with E-state index in [0.29, 0.717) is 27.8 Å². The first-order chi connectivity index (χ1) is 11.9. The van der Waals surface area contributed by atoms with E-state index in [2.05, 4.69) is 10.3 Å². The maximum Gasteiger partial charge on any atom is 0.257 e. The number of aryl methyl sites for hydroxylation is 2. The molecular formula is C19H19ClN2O3. The average molecular weight is 359 g/mol. The third-order valence-corrected chi connectivity index (χ3v) is 4.40. The van der Waals surface area contributed by atoms with Crippen molar-refractivity contribution in [2.24, 2.45) is 0 Å². The van der Waals surface area contributed by atoms with Gasteiger partial charge in [0.15, 0.2) is 11.5 Å². The minimum atomic E-state index is -0.243. The molecule has 0 fully saturated rings. The van der Waals surface area contributed by atoms with Crippen molar-refractivity contribution < 1.29 is 14.3 Å². The zero-order valence-corrected chi connectivity index (χ0v) is 15.2. The summed E-state index contributed by atoms with van der Waals surface area (Å²) in [7, 11) is 3.13. The summed E-state index contributed by atoms with van der Waals surface area (Å²) in [4.78, 5) is 15.9. The van der Waals surface area contributed by atoms with E-state index < -0.39 is 0 Å². The Morgan fingerprint density at radius 2 is 1.76 bits per heavy atom. The zero-order valence-electron chi connectivity index (χ0n) is 14.5. The number of carbonyl (C=O) groups excluding carboxylic acids is 1. The molecule has 25 heavy (non-hydrogen) atoms. The predicted octanol–water partition coefficient (Wildman–Crippen LogP) is 4.71. The summed E-state index contributed by atoms with van der Waals surface area (Å²) in [5.74, 6) is 0.918. The smallest absolute Gasteiger partial charge is 0.257 e. The number of methoxy groups -OCH3 is 2. The number of anilines is 1. The van der Waals surface area contributed by atoms with Crippen LogP contribution in [0.25, 0.3) is 10.9 Å². The van der Waals surface area contributed by atoms with Gasteiger partial charge >= 0.3 is 0 Å². The molecule has 130 valence electrons. The summed E-state index contributed by atoms with van der Waals surface area (Å²) in [5.41, 5.74) is 3.87. The minimum Gasteiger partial charge on any atom is -0.493 e. The van der Waals surface area contributed by atoms with Gasteiger partial charge in [-0.2, -0.15) is 0 Å². The Morgan fingerprint density at radius 3 is 2.40 bits per heavy atom. The molecule has 0 radical (unpaired) electrons. The van der Waals surface area contributed by atoms with E-state index in [0.717, 1.165) is 22.0 Å². The molecule has 5 nitrogen and oxygen atoms in total. The molecule has 0 aliphatic rings. The van der Waals surface area contributed by atoms with Crippen LogP contribution in [0, 0.1) is 13.8 Å². The van der Waals surface area contributed by atoms with Gasteiger partial charge in [0, 0.05) is 17.6 Å². The van der Waals surface area contributed by atoms with Crippen LogP contribution >= 0.6 is 11.6 Å². The molecule has 0 saturated heterocycles. The standard InChI is InChI=1S/C19H19ClN2O3/c1-10-5-11(2)18(14(20)6-10)22-19(23)13-9-21-15-8-17(25-4)16(24-3)7-12(13)15/h5-9,21H,1-4H3,(H,22,23). The maximum absolute atomic E-state index is 12.8. The van der Waals surface area contributed by atoms with Crippen LogP contribution in [0.4, 0.5) is 5.69 Å². The fourth-order valence-electron chi connectivity index (χ4n) is 2.89. The van der Waals surface area contributed by atoms with Crippen molar-refractivity contribution in [1.82, 2.24) is 4.98 Å². The first-order valence-electron chi connectivity index (χ1n) is 7.75.